The average Bonchev–Trinajstić information content (AvgIpc) is 2.62. The van der Waals surface area contributed by atoms with E-state index in [0.717, 1.165) is 17.7 Å². The van der Waals surface area contributed by atoms with E-state index in [4.69, 9.17) is 14.2 Å². The Bertz CT molecular complexity index is 661. The Labute approximate surface area is 140 Å². The van der Waals surface area contributed by atoms with E-state index >= 15 is 0 Å². The van der Waals surface area contributed by atoms with Crippen LogP contribution in [-0.2, 0) is 22.5 Å². The van der Waals surface area contributed by atoms with Crippen molar-refractivity contribution in [3.8, 4) is 5.75 Å². The number of hydrogen-bond donors (Lipinski definition) is 0. The van der Waals surface area contributed by atoms with Gasteiger partial charge in [-0.25, -0.2) is 8.78 Å². The van der Waals surface area contributed by atoms with Gasteiger partial charge in [-0.05, 0) is 24.1 Å². The molecule has 3 rings (SSSR count). The highest BCUT2D eigenvalue weighted by molar-refractivity contribution is 5.38. The topological polar surface area (TPSA) is 27.7 Å². The van der Waals surface area contributed by atoms with Crippen LogP contribution in [0, 0.1) is 17.6 Å². The molecule has 128 valence electrons. The fraction of sp³-hybridized carbons (Fsp3) is 0.368. The summed E-state index contributed by atoms with van der Waals surface area (Å²) >= 11 is 0. The molecule has 2 aromatic carbocycles. The summed E-state index contributed by atoms with van der Waals surface area (Å²) in [6.07, 6.45) is 0.420. The van der Waals surface area contributed by atoms with Crippen LogP contribution < -0.4 is 4.74 Å². The van der Waals surface area contributed by atoms with E-state index in [-0.39, 0.29) is 11.7 Å². The molecule has 0 bridgehead atoms. The summed E-state index contributed by atoms with van der Waals surface area (Å²) in [6, 6.07) is 12.1. The molecule has 0 amide bonds. The van der Waals surface area contributed by atoms with Crippen molar-refractivity contribution in [3.05, 3.63) is 65.2 Å². The molecular weight excluding hydrogens is 314 g/mol. The van der Waals surface area contributed by atoms with E-state index in [1.165, 1.54) is 0 Å². The molecule has 0 N–H and O–H groups in total. The van der Waals surface area contributed by atoms with Crippen LogP contribution in [0.1, 0.15) is 11.1 Å². The minimum Gasteiger partial charge on any atom is -0.490 e. The molecule has 1 heterocycles. The fourth-order valence-corrected chi connectivity index (χ4v) is 2.71. The van der Waals surface area contributed by atoms with Crippen molar-refractivity contribution < 1.29 is 23.0 Å². The number of rotatable bonds is 7. The summed E-state index contributed by atoms with van der Waals surface area (Å²) in [5, 5.41) is 0. The van der Waals surface area contributed by atoms with Crippen LogP contribution in [0.25, 0.3) is 0 Å². The highest BCUT2D eigenvalue weighted by atomic mass is 19.1. The van der Waals surface area contributed by atoms with Crippen molar-refractivity contribution in [3.63, 3.8) is 0 Å². The van der Waals surface area contributed by atoms with Gasteiger partial charge in [-0.2, -0.15) is 0 Å². The second-order valence-corrected chi connectivity index (χ2v) is 5.83. The van der Waals surface area contributed by atoms with Gasteiger partial charge in [0, 0.05) is 11.5 Å². The third-order valence-electron chi connectivity index (χ3n) is 3.95. The van der Waals surface area contributed by atoms with Gasteiger partial charge < -0.3 is 14.2 Å². The van der Waals surface area contributed by atoms with Crippen LogP contribution in [0.2, 0.25) is 0 Å². The summed E-state index contributed by atoms with van der Waals surface area (Å²) in [5.41, 5.74) is 1.42. The van der Waals surface area contributed by atoms with Crippen LogP contribution in [0.4, 0.5) is 8.78 Å². The van der Waals surface area contributed by atoms with Crippen molar-refractivity contribution in [2.75, 3.05) is 26.4 Å². The summed E-state index contributed by atoms with van der Waals surface area (Å²) in [7, 11) is 0. The Morgan fingerprint density at radius 3 is 2.54 bits per heavy atom. The largest absolute Gasteiger partial charge is 0.490 e. The number of halogens is 2. The molecule has 1 aliphatic heterocycles. The zero-order chi connectivity index (χ0) is 16.8. The molecule has 1 aliphatic rings. The van der Waals surface area contributed by atoms with Crippen LogP contribution in [0.5, 0.6) is 5.75 Å². The molecule has 0 saturated heterocycles. The first-order chi connectivity index (χ1) is 11.7. The molecule has 1 unspecified atom stereocenters. The molecule has 24 heavy (non-hydrogen) atoms. The molecule has 0 saturated carbocycles. The van der Waals surface area contributed by atoms with E-state index in [1.54, 1.807) is 0 Å². The second kappa shape index (κ2) is 8.22. The number of fused-ring (bicyclic) bond motifs is 1. The average molecular weight is 334 g/mol. The zero-order valence-corrected chi connectivity index (χ0v) is 13.3. The normalized spacial score (nSPS) is 16.5. The molecule has 0 aliphatic carbocycles. The first-order valence-corrected chi connectivity index (χ1v) is 8.03. The van der Waals surface area contributed by atoms with Crippen LogP contribution >= 0.6 is 0 Å². The lowest BCUT2D eigenvalue weighted by molar-refractivity contribution is 0.0172. The van der Waals surface area contributed by atoms with Gasteiger partial charge in [0.2, 0.25) is 0 Å². The minimum atomic E-state index is -0.514. The first kappa shape index (κ1) is 16.9. The van der Waals surface area contributed by atoms with Crippen molar-refractivity contribution in [1.82, 2.24) is 0 Å². The minimum absolute atomic E-state index is 0.0166. The number of ether oxygens (including phenoxy) is 3. The Morgan fingerprint density at radius 1 is 0.958 bits per heavy atom. The smallest absolute Gasteiger partial charge is 0.165 e. The van der Waals surface area contributed by atoms with E-state index in [2.05, 4.69) is 0 Å². The first-order valence-electron chi connectivity index (χ1n) is 8.03. The molecule has 0 radical (unpaired) electrons. The molecular formula is C19H20F2O3. The highest BCUT2D eigenvalue weighted by Crippen LogP contribution is 2.32. The van der Waals surface area contributed by atoms with Crippen molar-refractivity contribution in [1.29, 1.82) is 0 Å². The lowest BCUT2D eigenvalue weighted by Gasteiger charge is -2.25. The van der Waals surface area contributed by atoms with Gasteiger partial charge >= 0.3 is 0 Å². The van der Waals surface area contributed by atoms with Gasteiger partial charge in [-0.15, -0.1) is 0 Å². The van der Waals surface area contributed by atoms with E-state index < -0.39 is 11.6 Å². The molecule has 0 spiro atoms. The van der Waals surface area contributed by atoms with Crippen molar-refractivity contribution >= 4 is 0 Å². The van der Waals surface area contributed by atoms with E-state index in [9.17, 15) is 8.78 Å². The van der Waals surface area contributed by atoms with E-state index in [1.807, 2.05) is 30.3 Å². The van der Waals surface area contributed by atoms with Crippen LogP contribution in [0.3, 0.4) is 0 Å². The standard InChI is InChI=1S/C19H20F2O3/c20-17-6-7-18(21)19-16(17)10-15(13-24-19)12-23-9-8-22-11-14-4-2-1-3-5-14/h1-7,15H,8-13H2. The Hall–Kier alpha value is -1.98. The lowest BCUT2D eigenvalue weighted by atomic mass is 9.97. The second-order valence-electron chi connectivity index (χ2n) is 5.83. The Kier molecular flexibility index (Phi) is 5.77. The summed E-state index contributed by atoms with van der Waals surface area (Å²) in [5.74, 6) is -0.886. The Morgan fingerprint density at radius 2 is 1.71 bits per heavy atom. The van der Waals surface area contributed by atoms with Crippen LogP contribution in [-0.4, -0.2) is 26.4 Å². The summed E-state index contributed by atoms with van der Waals surface area (Å²) in [6.45, 7) is 2.26. The number of benzene rings is 2. The SMILES string of the molecule is Fc1ccc(F)c2c1CC(COCCOCc1ccccc1)CO2. The van der Waals surface area contributed by atoms with Gasteiger partial charge in [0.25, 0.3) is 0 Å². The van der Waals surface area contributed by atoms with Gasteiger partial charge in [-0.3, -0.25) is 0 Å². The lowest BCUT2D eigenvalue weighted by Crippen LogP contribution is -2.27. The van der Waals surface area contributed by atoms with Gasteiger partial charge in [0.15, 0.2) is 11.6 Å². The Balaban J connectivity index is 1.37. The molecule has 0 fully saturated rings. The fourth-order valence-electron chi connectivity index (χ4n) is 2.71. The van der Waals surface area contributed by atoms with Gasteiger partial charge in [0.1, 0.15) is 5.82 Å². The number of hydrogen-bond acceptors (Lipinski definition) is 3. The molecule has 0 aromatic heterocycles. The summed E-state index contributed by atoms with van der Waals surface area (Å²) in [4.78, 5) is 0. The molecule has 5 heteroatoms. The predicted molar refractivity (Wildman–Crippen MR) is 86.0 cm³/mol. The molecule has 2 aromatic rings. The third-order valence-corrected chi connectivity index (χ3v) is 3.95. The van der Waals surface area contributed by atoms with E-state index in [0.29, 0.717) is 45.0 Å². The van der Waals surface area contributed by atoms with Gasteiger partial charge in [0.05, 0.1) is 33.0 Å². The zero-order valence-electron chi connectivity index (χ0n) is 13.3. The third kappa shape index (κ3) is 4.30. The maximum absolute atomic E-state index is 13.8. The highest BCUT2D eigenvalue weighted by Gasteiger charge is 2.25. The molecule has 1 atom stereocenters. The maximum atomic E-state index is 13.8. The quantitative estimate of drug-likeness (QED) is 0.722. The molecule has 3 nitrogen and oxygen atoms in total. The summed E-state index contributed by atoms with van der Waals surface area (Å²) < 4.78 is 43.8. The maximum Gasteiger partial charge on any atom is 0.165 e. The predicted octanol–water partition coefficient (Wildman–Crippen LogP) is 3.75. The van der Waals surface area contributed by atoms with Crippen molar-refractivity contribution in [2.45, 2.75) is 13.0 Å². The van der Waals surface area contributed by atoms with Crippen molar-refractivity contribution in [2.24, 2.45) is 5.92 Å². The van der Waals surface area contributed by atoms with Crippen LogP contribution in [0.15, 0.2) is 42.5 Å². The monoisotopic (exact) mass is 334 g/mol. The van der Waals surface area contributed by atoms with Gasteiger partial charge in [-0.1, -0.05) is 30.3 Å².